The highest BCUT2D eigenvalue weighted by molar-refractivity contribution is 6.11. The van der Waals surface area contributed by atoms with Gasteiger partial charge in [-0.1, -0.05) is 18.2 Å². The van der Waals surface area contributed by atoms with E-state index in [1.807, 2.05) is 24.3 Å². The van der Waals surface area contributed by atoms with Crippen molar-refractivity contribution >= 4 is 34.3 Å². The van der Waals surface area contributed by atoms with Crippen LogP contribution in [0.4, 0.5) is 5.69 Å². The number of nitrogens with zero attached hydrogens (tertiary/aromatic N) is 2. The number of nitrogens with one attached hydrogen (secondary N) is 1. The van der Waals surface area contributed by atoms with Crippen molar-refractivity contribution in [3.05, 3.63) is 82.3 Å². The highest BCUT2D eigenvalue weighted by Gasteiger charge is 2.35. The van der Waals surface area contributed by atoms with Crippen molar-refractivity contribution in [1.29, 1.82) is 0 Å². The van der Waals surface area contributed by atoms with Gasteiger partial charge in [-0.05, 0) is 48.2 Å². The number of rotatable bonds is 6. The Labute approximate surface area is 191 Å². The summed E-state index contributed by atoms with van der Waals surface area (Å²) in [7, 11) is 1.61. The molecule has 1 aliphatic heterocycles. The van der Waals surface area contributed by atoms with Gasteiger partial charge >= 0.3 is 0 Å². The number of aliphatic hydroxyl groups excluding tert-OH is 1. The average Bonchev–Trinajstić information content (AvgIpc) is 3.28. The molecule has 33 heavy (non-hydrogen) atoms. The van der Waals surface area contributed by atoms with Gasteiger partial charge in [-0.3, -0.25) is 14.6 Å². The summed E-state index contributed by atoms with van der Waals surface area (Å²) >= 11 is 0. The van der Waals surface area contributed by atoms with E-state index in [0.29, 0.717) is 35.4 Å². The molecule has 0 unspecified atom stereocenters. The molecule has 2 atom stereocenters. The molecule has 4 rings (SSSR count). The third-order valence-electron chi connectivity index (χ3n) is 5.89. The lowest BCUT2D eigenvalue weighted by Gasteiger charge is -2.22. The van der Waals surface area contributed by atoms with Gasteiger partial charge < -0.3 is 25.5 Å². The number of amides is 1. The summed E-state index contributed by atoms with van der Waals surface area (Å²) in [5, 5.41) is 10.5. The lowest BCUT2D eigenvalue weighted by atomic mass is 10.1. The highest BCUT2D eigenvalue weighted by Crippen LogP contribution is 2.23. The zero-order valence-electron chi connectivity index (χ0n) is 18.3. The lowest BCUT2D eigenvalue weighted by Crippen LogP contribution is -2.38. The third kappa shape index (κ3) is 4.72. The van der Waals surface area contributed by atoms with Gasteiger partial charge in [0, 0.05) is 42.7 Å². The molecule has 3 aromatic rings. The van der Waals surface area contributed by atoms with Gasteiger partial charge in [0.15, 0.2) is 0 Å². The first-order valence-corrected chi connectivity index (χ1v) is 10.7. The lowest BCUT2D eigenvalue weighted by molar-refractivity contribution is 0.0648. The summed E-state index contributed by atoms with van der Waals surface area (Å²) in [4.78, 5) is 34.3. The number of H-pyrrole nitrogens is 1. The van der Waals surface area contributed by atoms with Crippen molar-refractivity contribution in [2.45, 2.75) is 18.6 Å². The summed E-state index contributed by atoms with van der Waals surface area (Å²) in [6.07, 6.45) is 3.41. The van der Waals surface area contributed by atoms with E-state index in [2.05, 4.69) is 9.98 Å². The van der Waals surface area contributed by atoms with E-state index < -0.39 is 0 Å². The Bertz CT molecular complexity index is 1260. The fourth-order valence-electron chi connectivity index (χ4n) is 4.03. The first-order valence-electron chi connectivity index (χ1n) is 10.7. The number of benzene rings is 2. The Morgan fingerprint density at radius 1 is 1.27 bits per heavy atom. The van der Waals surface area contributed by atoms with Crippen molar-refractivity contribution in [2.24, 2.45) is 10.7 Å². The van der Waals surface area contributed by atoms with E-state index in [1.54, 1.807) is 42.3 Å². The van der Waals surface area contributed by atoms with Gasteiger partial charge in [-0.15, -0.1) is 0 Å². The van der Waals surface area contributed by atoms with Crippen LogP contribution in [0.15, 0.2) is 70.6 Å². The van der Waals surface area contributed by atoms with Crippen molar-refractivity contribution in [2.75, 3.05) is 20.3 Å². The van der Waals surface area contributed by atoms with E-state index in [9.17, 15) is 14.7 Å². The first kappa shape index (κ1) is 22.4. The van der Waals surface area contributed by atoms with Crippen LogP contribution in [-0.4, -0.2) is 59.5 Å². The van der Waals surface area contributed by atoms with Gasteiger partial charge in [0.25, 0.3) is 11.5 Å². The molecule has 1 aromatic heterocycles. The Morgan fingerprint density at radius 2 is 2.03 bits per heavy atom. The minimum atomic E-state index is -0.254. The molecular weight excluding hydrogens is 420 g/mol. The quantitative estimate of drug-likeness (QED) is 0.502. The van der Waals surface area contributed by atoms with Crippen LogP contribution in [0.1, 0.15) is 22.3 Å². The largest absolute Gasteiger partial charge is 0.404 e. The van der Waals surface area contributed by atoms with Crippen LogP contribution < -0.4 is 11.3 Å². The maximum atomic E-state index is 12.9. The second-order valence-corrected chi connectivity index (χ2v) is 7.91. The number of aliphatic imine (C=N–C) groups is 1. The number of hydrogen-bond donors (Lipinski definition) is 3. The molecule has 4 N–H and O–H groups in total. The molecule has 1 amide bonds. The number of fused-ring (bicyclic) bond motifs is 1. The van der Waals surface area contributed by atoms with Crippen LogP contribution in [-0.2, 0) is 4.74 Å². The molecule has 170 valence electrons. The number of hydrogen-bond acceptors (Lipinski definition) is 6. The molecule has 2 aromatic carbocycles. The maximum Gasteiger partial charge on any atom is 0.256 e. The number of ether oxygens (including phenoxy) is 1. The molecule has 1 saturated heterocycles. The van der Waals surface area contributed by atoms with E-state index in [-0.39, 0.29) is 30.2 Å². The number of allylic oxidation sites excluding steroid dienone is 1. The number of pyridine rings is 1. The van der Waals surface area contributed by atoms with Gasteiger partial charge in [-0.2, -0.15) is 0 Å². The minimum absolute atomic E-state index is 0.0744. The Hall–Kier alpha value is -3.75. The van der Waals surface area contributed by atoms with Crippen molar-refractivity contribution in [3.63, 3.8) is 0 Å². The molecule has 8 heteroatoms. The van der Waals surface area contributed by atoms with Crippen LogP contribution >= 0.6 is 0 Å². The first-order chi connectivity index (χ1) is 16.0. The van der Waals surface area contributed by atoms with Gasteiger partial charge in [0.05, 0.1) is 30.0 Å². The van der Waals surface area contributed by atoms with Gasteiger partial charge in [0.2, 0.25) is 0 Å². The van der Waals surface area contributed by atoms with E-state index in [0.717, 1.165) is 10.9 Å². The number of aliphatic hydroxyl groups is 1. The maximum absolute atomic E-state index is 12.9. The molecule has 1 fully saturated rings. The predicted molar refractivity (Wildman–Crippen MR) is 129 cm³/mol. The number of likely N-dealkylation sites (tertiary alicyclic amines) is 1. The molecule has 0 radical (unpaired) electrons. The third-order valence-corrected chi connectivity index (χ3v) is 5.89. The molecular formula is C25H26N4O4. The minimum Gasteiger partial charge on any atom is -0.404 e. The number of carbonyl (C=O) groups excluding carboxylic acids is 1. The number of aromatic amines is 1. The number of carbonyl (C=O) groups is 1. The second-order valence-electron chi connectivity index (χ2n) is 7.91. The second kappa shape index (κ2) is 9.81. The van der Waals surface area contributed by atoms with Crippen LogP contribution in [0.3, 0.4) is 0 Å². The van der Waals surface area contributed by atoms with Gasteiger partial charge in [-0.25, -0.2) is 0 Å². The number of nitrogens with two attached hydrogens (primary N) is 1. The van der Waals surface area contributed by atoms with E-state index >= 15 is 0 Å². The Balaban J connectivity index is 1.51. The zero-order valence-corrected chi connectivity index (χ0v) is 18.3. The predicted octanol–water partition coefficient (Wildman–Crippen LogP) is 2.45. The summed E-state index contributed by atoms with van der Waals surface area (Å²) < 4.78 is 5.35. The summed E-state index contributed by atoms with van der Waals surface area (Å²) in [5.41, 5.74) is 8.29. The van der Waals surface area contributed by atoms with Gasteiger partial charge in [0.1, 0.15) is 0 Å². The Kier molecular flexibility index (Phi) is 6.67. The fourth-order valence-corrected chi connectivity index (χ4v) is 4.03. The van der Waals surface area contributed by atoms with Crippen LogP contribution in [0.5, 0.6) is 0 Å². The molecule has 0 bridgehead atoms. The smallest absolute Gasteiger partial charge is 0.256 e. The Morgan fingerprint density at radius 3 is 2.73 bits per heavy atom. The summed E-state index contributed by atoms with van der Waals surface area (Å²) in [6.45, 7) is 0.349. The molecule has 2 heterocycles. The van der Waals surface area contributed by atoms with Crippen molar-refractivity contribution < 1.29 is 14.6 Å². The van der Waals surface area contributed by atoms with E-state index in [1.165, 1.54) is 12.4 Å². The summed E-state index contributed by atoms with van der Waals surface area (Å²) in [5.74, 6) is -0.158. The number of aromatic nitrogens is 1. The number of para-hydroxylation sites is 1. The normalized spacial score (nSPS) is 19.0. The highest BCUT2D eigenvalue weighted by atomic mass is 16.5. The van der Waals surface area contributed by atoms with Crippen LogP contribution in [0.25, 0.3) is 16.5 Å². The average molecular weight is 447 g/mol. The fraction of sp³-hybridized carbons (Fsp3) is 0.240. The van der Waals surface area contributed by atoms with Crippen LogP contribution in [0, 0.1) is 0 Å². The SMILES string of the molecule is CO[C@@H]1C[C@H](CO)N(C(=O)c2ccc(N=CC(=CN)c3cc4ccccc4[nH]c3=O)cc2)C1. The number of methoxy groups -OCH3 is 1. The van der Waals surface area contributed by atoms with E-state index in [4.69, 9.17) is 10.5 Å². The molecule has 1 aliphatic rings. The molecule has 0 saturated carbocycles. The van der Waals surface area contributed by atoms with Crippen molar-refractivity contribution in [1.82, 2.24) is 9.88 Å². The standard InChI is InChI=1S/C25H26N4O4/c1-33-21-11-20(15-30)29(14-21)25(32)16-6-8-19(9-7-16)27-13-18(12-26)22-10-17-4-2-3-5-23(17)28-24(22)31/h2-10,12-13,20-21,30H,11,14-15,26H2,1H3,(H,28,31)/t20-,21-/m1/s1. The molecule has 0 aliphatic carbocycles. The zero-order chi connectivity index (χ0) is 23.4. The van der Waals surface area contributed by atoms with Crippen LogP contribution in [0.2, 0.25) is 0 Å². The topological polar surface area (TPSA) is 121 Å². The molecule has 8 nitrogen and oxygen atoms in total. The monoisotopic (exact) mass is 446 g/mol. The molecule has 0 spiro atoms. The summed E-state index contributed by atoms with van der Waals surface area (Å²) in [6, 6.07) is 15.9. The van der Waals surface area contributed by atoms with Crippen molar-refractivity contribution in [3.8, 4) is 0 Å².